The molecule has 0 atom stereocenters. The van der Waals surface area contributed by atoms with Gasteiger partial charge in [-0.2, -0.15) is 4.72 Å². The smallest absolute Gasteiger partial charge is 0.291 e. The third-order valence-electron chi connectivity index (χ3n) is 4.24. The van der Waals surface area contributed by atoms with Gasteiger partial charge in [-0.25, -0.2) is 31.0 Å². The van der Waals surface area contributed by atoms with Gasteiger partial charge in [0, 0.05) is 6.20 Å². The summed E-state index contributed by atoms with van der Waals surface area (Å²) < 4.78 is 80.2. The Morgan fingerprint density at radius 3 is 2.54 bits per heavy atom. The molecule has 3 aromatic rings. The molecular formula is C14H10ClF4N5O2S2. The average molecular weight is 456 g/mol. The molecule has 3 aromatic heterocycles. The maximum atomic E-state index is 13.1. The molecule has 0 bridgehead atoms. The zero-order valence-corrected chi connectivity index (χ0v) is 16.0. The molecule has 0 saturated heterocycles. The van der Waals surface area contributed by atoms with Crippen molar-refractivity contribution >= 4 is 38.5 Å². The molecule has 14 heteroatoms. The highest BCUT2D eigenvalue weighted by atomic mass is 35.5. The minimum absolute atomic E-state index is 0.0119. The van der Waals surface area contributed by atoms with E-state index in [2.05, 4.69) is 15.2 Å². The van der Waals surface area contributed by atoms with Crippen molar-refractivity contribution in [3.63, 3.8) is 0 Å². The summed E-state index contributed by atoms with van der Waals surface area (Å²) in [7, 11) is -4.32. The van der Waals surface area contributed by atoms with E-state index in [-0.39, 0.29) is 33.6 Å². The highest BCUT2D eigenvalue weighted by Gasteiger charge is 2.54. The Labute approximate surface area is 164 Å². The number of halogens is 5. The van der Waals surface area contributed by atoms with Crippen LogP contribution in [0.2, 0.25) is 5.02 Å². The number of hydrogen-bond acceptors (Lipinski definition) is 6. The second-order valence-electron chi connectivity index (χ2n) is 6.17. The van der Waals surface area contributed by atoms with E-state index in [4.69, 9.17) is 11.6 Å². The number of fused-ring (bicyclic) bond motifs is 1. The maximum Gasteiger partial charge on any atom is 0.291 e. The van der Waals surface area contributed by atoms with Gasteiger partial charge in [-0.15, -0.1) is 10.2 Å². The Morgan fingerprint density at radius 2 is 1.96 bits per heavy atom. The summed E-state index contributed by atoms with van der Waals surface area (Å²) in [5.74, 6) is 0.0494. The largest absolute Gasteiger partial charge is 0.295 e. The Balaban J connectivity index is 1.79. The zero-order valence-electron chi connectivity index (χ0n) is 13.6. The van der Waals surface area contributed by atoms with Crippen LogP contribution in [0.5, 0.6) is 0 Å². The molecule has 0 amide bonds. The predicted octanol–water partition coefficient (Wildman–Crippen LogP) is 3.52. The topological polar surface area (TPSA) is 89.2 Å². The van der Waals surface area contributed by atoms with Crippen molar-refractivity contribution in [3.8, 4) is 10.8 Å². The quantitative estimate of drug-likeness (QED) is 0.574. The van der Waals surface area contributed by atoms with E-state index in [1.165, 1.54) is 10.6 Å². The van der Waals surface area contributed by atoms with Crippen molar-refractivity contribution in [1.29, 1.82) is 0 Å². The summed E-state index contributed by atoms with van der Waals surface area (Å²) in [5, 5.41) is 6.51. The summed E-state index contributed by atoms with van der Waals surface area (Å²) in [6.45, 7) is 0. The number of nitrogens with one attached hydrogen (secondary N) is 1. The zero-order chi connectivity index (χ0) is 20.3. The van der Waals surface area contributed by atoms with E-state index in [0.717, 1.165) is 12.3 Å². The van der Waals surface area contributed by atoms with Crippen LogP contribution in [0.3, 0.4) is 0 Å². The van der Waals surface area contributed by atoms with Crippen LogP contribution >= 0.6 is 22.9 Å². The summed E-state index contributed by atoms with van der Waals surface area (Å²) in [5.41, 5.74) is -1.48. The summed E-state index contributed by atoms with van der Waals surface area (Å²) >= 11 is 6.71. The van der Waals surface area contributed by atoms with Crippen molar-refractivity contribution in [2.45, 2.75) is 36.1 Å². The lowest BCUT2D eigenvalue weighted by atomic mass is 10.3. The molecule has 1 saturated carbocycles. The first-order valence-corrected chi connectivity index (χ1v) is 10.4. The van der Waals surface area contributed by atoms with Crippen molar-refractivity contribution in [3.05, 3.63) is 28.5 Å². The second-order valence-corrected chi connectivity index (χ2v) is 9.27. The third-order valence-corrected chi connectivity index (χ3v) is 6.99. The van der Waals surface area contributed by atoms with Gasteiger partial charge >= 0.3 is 0 Å². The molecule has 1 aliphatic carbocycles. The first kappa shape index (κ1) is 19.5. The molecule has 7 nitrogen and oxygen atoms in total. The highest BCUT2D eigenvalue weighted by molar-refractivity contribution is 7.89. The number of rotatable bonds is 6. The van der Waals surface area contributed by atoms with Crippen LogP contribution < -0.4 is 4.72 Å². The lowest BCUT2D eigenvalue weighted by Gasteiger charge is -2.16. The average Bonchev–Trinajstić information content (AvgIpc) is 3.06. The van der Waals surface area contributed by atoms with Gasteiger partial charge in [0.15, 0.2) is 15.8 Å². The van der Waals surface area contributed by atoms with Gasteiger partial charge in [-0.3, -0.25) is 4.40 Å². The van der Waals surface area contributed by atoms with Crippen molar-refractivity contribution in [2.24, 2.45) is 0 Å². The fourth-order valence-corrected chi connectivity index (χ4v) is 5.05. The van der Waals surface area contributed by atoms with Crippen molar-refractivity contribution in [1.82, 2.24) is 24.3 Å². The van der Waals surface area contributed by atoms with E-state index < -0.39 is 33.4 Å². The molecule has 0 radical (unpaired) electrons. The molecule has 0 spiro atoms. The van der Waals surface area contributed by atoms with Crippen LogP contribution in [0, 0.1) is 0 Å². The SMILES string of the molecule is O=S(=O)(NC1(C(F)F)CC1)c1cc(Cl)c2cnc(-c3nnc(C(F)F)s3)n2c1. The van der Waals surface area contributed by atoms with Crippen LogP contribution in [0.4, 0.5) is 17.6 Å². The third kappa shape index (κ3) is 3.25. The molecule has 1 fully saturated rings. The number of sulfonamides is 1. The molecule has 0 aromatic carbocycles. The fraction of sp³-hybridized carbons (Fsp3) is 0.357. The van der Waals surface area contributed by atoms with Gasteiger partial charge in [0.05, 0.1) is 22.3 Å². The lowest BCUT2D eigenvalue weighted by molar-refractivity contribution is 0.0970. The van der Waals surface area contributed by atoms with Crippen LogP contribution in [0.15, 0.2) is 23.4 Å². The molecule has 1 N–H and O–H groups in total. The molecule has 0 unspecified atom stereocenters. The molecular weight excluding hydrogens is 446 g/mol. The second kappa shape index (κ2) is 6.61. The first-order valence-electron chi connectivity index (χ1n) is 7.74. The summed E-state index contributed by atoms with van der Waals surface area (Å²) in [6, 6.07) is 1.11. The molecule has 150 valence electrons. The molecule has 4 rings (SSSR count). The van der Waals surface area contributed by atoms with Gasteiger partial charge in [0.2, 0.25) is 10.0 Å². The number of alkyl halides is 4. The van der Waals surface area contributed by atoms with E-state index in [9.17, 15) is 26.0 Å². The van der Waals surface area contributed by atoms with E-state index in [1.54, 1.807) is 0 Å². The molecule has 3 heterocycles. The first-order chi connectivity index (χ1) is 13.1. The summed E-state index contributed by atoms with van der Waals surface area (Å²) in [6.07, 6.45) is -3.18. The standard InChI is InChI=1S/C14H10ClF4N5O2S2/c15-7-3-6(28(25,26)23-14(1-2-14)13(18)19)5-24-8(7)4-20-10(24)12-22-21-11(27-12)9(16)17/h3-5,9,13,23H,1-2H2. The van der Waals surface area contributed by atoms with E-state index >= 15 is 0 Å². The molecule has 1 aliphatic rings. The number of hydrogen-bond donors (Lipinski definition) is 1. The minimum Gasteiger partial charge on any atom is -0.295 e. The monoisotopic (exact) mass is 455 g/mol. The summed E-state index contributed by atoms with van der Waals surface area (Å²) in [4.78, 5) is 3.68. The number of aromatic nitrogens is 4. The number of imidazole rings is 1. The maximum absolute atomic E-state index is 13.1. The Bertz CT molecular complexity index is 1160. The minimum atomic E-state index is -4.32. The van der Waals surface area contributed by atoms with Gasteiger partial charge in [0.1, 0.15) is 4.90 Å². The fourth-order valence-electron chi connectivity index (χ4n) is 2.58. The van der Waals surface area contributed by atoms with Gasteiger partial charge in [-0.05, 0) is 18.9 Å². The van der Waals surface area contributed by atoms with Gasteiger partial charge in [0.25, 0.3) is 12.9 Å². The van der Waals surface area contributed by atoms with Crippen LogP contribution in [-0.2, 0) is 10.0 Å². The number of nitrogens with zero attached hydrogens (tertiary/aromatic N) is 4. The lowest BCUT2D eigenvalue weighted by Crippen LogP contribution is -2.42. The van der Waals surface area contributed by atoms with Gasteiger partial charge in [-0.1, -0.05) is 22.9 Å². The van der Waals surface area contributed by atoms with E-state index in [1.807, 2.05) is 4.72 Å². The van der Waals surface area contributed by atoms with Crippen molar-refractivity contribution < 1.29 is 26.0 Å². The Kier molecular flexibility index (Phi) is 4.60. The molecule has 28 heavy (non-hydrogen) atoms. The molecule has 0 aliphatic heterocycles. The van der Waals surface area contributed by atoms with Gasteiger partial charge < -0.3 is 0 Å². The van der Waals surface area contributed by atoms with E-state index in [0.29, 0.717) is 16.9 Å². The van der Waals surface area contributed by atoms with Crippen LogP contribution in [-0.4, -0.2) is 40.0 Å². The predicted molar refractivity (Wildman–Crippen MR) is 92.4 cm³/mol. The highest BCUT2D eigenvalue weighted by Crippen LogP contribution is 2.42. The van der Waals surface area contributed by atoms with Crippen LogP contribution in [0.25, 0.3) is 16.3 Å². The normalized spacial score (nSPS) is 16.4. The number of pyridine rings is 1. The van der Waals surface area contributed by atoms with Crippen molar-refractivity contribution in [2.75, 3.05) is 0 Å². The van der Waals surface area contributed by atoms with Crippen LogP contribution in [0.1, 0.15) is 24.3 Å². The Morgan fingerprint density at radius 1 is 1.25 bits per heavy atom. The Hall–Kier alpha value is -1.83.